The number of halogens is 1. The molecule has 7 heteroatoms. The predicted molar refractivity (Wildman–Crippen MR) is 100 cm³/mol. The summed E-state index contributed by atoms with van der Waals surface area (Å²) >= 11 is 6.02. The van der Waals surface area contributed by atoms with Gasteiger partial charge in [0.15, 0.2) is 0 Å². The molecular weight excluding hydrogens is 356 g/mol. The van der Waals surface area contributed by atoms with E-state index < -0.39 is 17.8 Å². The van der Waals surface area contributed by atoms with E-state index in [2.05, 4.69) is 15.4 Å². The maximum atomic E-state index is 12.1. The maximum Gasteiger partial charge on any atom is 0.337 e. The van der Waals surface area contributed by atoms with E-state index >= 15 is 0 Å². The van der Waals surface area contributed by atoms with Crippen molar-refractivity contribution < 1.29 is 19.1 Å². The normalized spacial score (nSPS) is 10.1. The number of amides is 2. The first kappa shape index (κ1) is 19.5. The molecule has 2 aromatic carbocycles. The van der Waals surface area contributed by atoms with E-state index in [9.17, 15) is 14.4 Å². The molecule has 0 heterocycles. The minimum Gasteiger partial charge on any atom is -0.465 e. The van der Waals surface area contributed by atoms with Crippen LogP contribution in [0.3, 0.4) is 0 Å². The third kappa shape index (κ3) is 5.32. The highest BCUT2D eigenvalue weighted by Gasteiger charge is 2.14. The van der Waals surface area contributed by atoms with E-state index in [1.807, 2.05) is 19.1 Å². The van der Waals surface area contributed by atoms with Crippen LogP contribution in [-0.2, 0) is 20.7 Å². The van der Waals surface area contributed by atoms with Crippen molar-refractivity contribution in [2.45, 2.75) is 19.8 Å². The molecule has 6 nitrogen and oxygen atoms in total. The zero-order valence-electron chi connectivity index (χ0n) is 14.5. The molecule has 0 radical (unpaired) electrons. The van der Waals surface area contributed by atoms with Gasteiger partial charge in [-0.2, -0.15) is 0 Å². The van der Waals surface area contributed by atoms with Crippen LogP contribution in [0, 0.1) is 0 Å². The minimum absolute atomic E-state index is 0.236. The van der Waals surface area contributed by atoms with E-state index in [4.69, 9.17) is 11.6 Å². The standard InChI is InChI=1S/C19H19ClN2O4/c1-3-12-4-7-14(8-5-12)21-17(23)11-18(24)22-16-10-13(19(25)26-2)6-9-15(16)20/h4-10H,3,11H2,1-2H3,(H,21,23)(H,22,24). The Kier molecular flexibility index (Phi) is 6.74. The van der Waals surface area contributed by atoms with Gasteiger partial charge in [0.2, 0.25) is 11.8 Å². The molecule has 0 bridgehead atoms. The monoisotopic (exact) mass is 374 g/mol. The summed E-state index contributed by atoms with van der Waals surface area (Å²) in [5, 5.41) is 5.43. The third-order valence-corrected chi connectivity index (χ3v) is 3.96. The van der Waals surface area contributed by atoms with E-state index in [1.54, 1.807) is 12.1 Å². The summed E-state index contributed by atoms with van der Waals surface area (Å²) in [6.45, 7) is 2.04. The second-order valence-electron chi connectivity index (χ2n) is 5.51. The Morgan fingerprint density at radius 3 is 2.27 bits per heavy atom. The zero-order chi connectivity index (χ0) is 19.1. The Morgan fingerprint density at radius 2 is 1.65 bits per heavy atom. The van der Waals surface area contributed by atoms with E-state index in [1.165, 1.54) is 25.3 Å². The minimum atomic E-state index is -0.551. The van der Waals surface area contributed by atoms with Crippen LogP contribution in [0.4, 0.5) is 11.4 Å². The first-order chi connectivity index (χ1) is 12.4. The number of carbonyl (C=O) groups is 3. The third-order valence-electron chi connectivity index (χ3n) is 3.63. The van der Waals surface area contributed by atoms with Crippen molar-refractivity contribution in [1.29, 1.82) is 0 Å². The van der Waals surface area contributed by atoms with Gasteiger partial charge in [-0.3, -0.25) is 9.59 Å². The molecule has 0 saturated carbocycles. The number of anilines is 2. The number of hydrogen-bond donors (Lipinski definition) is 2. The van der Waals surface area contributed by atoms with Crippen molar-refractivity contribution >= 4 is 40.8 Å². The number of methoxy groups -OCH3 is 1. The molecule has 26 heavy (non-hydrogen) atoms. The van der Waals surface area contributed by atoms with Crippen LogP contribution in [0.1, 0.15) is 29.3 Å². The van der Waals surface area contributed by atoms with Gasteiger partial charge < -0.3 is 15.4 Å². The summed E-state index contributed by atoms with van der Waals surface area (Å²) in [5.41, 5.74) is 2.25. The molecule has 2 aromatic rings. The zero-order valence-corrected chi connectivity index (χ0v) is 15.2. The second kappa shape index (κ2) is 9.01. The summed E-state index contributed by atoms with van der Waals surface area (Å²) in [4.78, 5) is 35.6. The Labute approximate surface area is 156 Å². The fourth-order valence-corrected chi connectivity index (χ4v) is 2.40. The van der Waals surface area contributed by atoms with Crippen LogP contribution in [0.2, 0.25) is 5.02 Å². The Morgan fingerprint density at radius 1 is 1.00 bits per heavy atom. The first-order valence-corrected chi connectivity index (χ1v) is 8.37. The lowest BCUT2D eigenvalue weighted by molar-refractivity contribution is -0.123. The number of aryl methyl sites for hydroxylation is 1. The molecule has 2 rings (SSSR count). The molecular formula is C19H19ClN2O4. The lowest BCUT2D eigenvalue weighted by atomic mass is 10.1. The Hall–Kier alpha value is -2.86. The van der Waals surface area contributed by atoms with Crippen LogP contribution < -0.4 is 10.6 Å². The second-order valence-corrected chi connectivity index (χ2v) is 5.92. The quantitative estimate of drug-likeness (QED) is 0.597. The summed E-state index contributed by atoms with van der Waals surface area (Å²) < 4.78 is 4.62. The number of ether oxygens (including phenoxy) is 1. The highest BCUT2D eigenvalue weighted by Crippen LogP contribution is 2.23. The van der Waals surface area contributed by atoms with Gasteiger partial charge in [0.05, 0.1) is 23.4 Å². The van der Waals surface area contributed by atoms with Crippen LogP contribution in [-0.4, -0.2) is 24.9 Å². The SMILES string of the molecule is CCc1ccc(NC(=O)CC(=O)Nc2cc(C(=O)OC)ccc2Cl)cc1. The first-order valence-electron chi connectivity index (χ1n) is 7.99. The summed E-state index contributed by atoms with van der Waals surface area (Å²) in [5.74, 6) is -1.55. The number of hydrogen-bond acceptors (Lipinski definition) is 4. The van der Waals surface area contributed by atoms with Gasteiger partial charge in [-0.1, -0.05) is 30.7 Å². The summed E-state index contributed by atoms with van der Waals surface area (Å²) in [6, 6.07) is 11.7. The number of carbonyl (C=O) groups excluding carboxylic acids is 3. The van der Waals surface area contributed by atoms with Gasteiger partial charge in [0, 0.05) is 5.69 Å². The van der Waals surface area contributed by atoms with Crippen molar-refractivity contribution in [3.8, 4) is 0 Å². The highest BCUT2D eigenvalue weighted by atomic mass is 35.5. The Balaban J connectivity index is 1.97. The van der Waals surface area contributed by atoms with E-state index in [0.717, 1.165) is 12.0 Å². The summed E-state index contributed by atoms with van der Waals surface area (Å²) in [7, 11) is 1.26. The molecule has 0 spiro atoms. The number of benzene rings is 2. The Bertz CT molecular complexity index is 819. The largest absolute Gasteiger partial charge is 0.465 e. The molecule has 136 valence electrons. The van der Waals surface area contributed by atoms with Gasteiger partial charge in [-0.15, -0.1) is 0 Å². The van der Waals surface area contributed by atoms with Crippen molar-refractivity contribution in [2.75, 3.05) is 17.7 Å². The molecule has 0 atom stereocenters. The average Bonchev–Trinajstić information content (AvgIpc) is 2.63. The molecule has 2 N–H and O–H groups in total. The fraction of sp³-hybridized carbons (Fsp3) is 0.211. The van der Waals surface area contributed by atoms with Crippen LogP contribution in [0.25, 0.3) is 0 Å². The molecule has 0 aliphatic heterocycles. The van der Waals surface area contributed by atoms with Gasteiger partial charge >= 0.3 is 5.97 Å². The molecule has 0 fully saturated rings. The van der Waals surface area contributed by atoms with Crippen molar-refractivity contribution in [3.05, 3.63) is 58.6 Å². The molecule has 2 amide bonds. The van der Waals surface area contributed by atoms with Crippen LogP contribution in [0.5, 0.6) is 0 Å². The van der Waals surface area contributed by atoms with E-state index in [-0.39, 0.29) is 22.7 Å². The average molecular weight is 375 g/mol. The number of nitrogens with one attached hydrogen (secondary N) is 2. The van der Waals surface area contributed by atoms with Crippen molar-refractivity contribution in [1.82, 2.24) is 0 Å². The summed E-state index contributed by atoms with van der Waals surface area (Å²) in [6.07, 6.45) is 0.524. The smallest absolute Gasteiger partial charge is 0.337 e. The van der Waals surface area contributed by atoms with Crippen molar-refractivity contribution in [2.24, 2.45) is 0 Å². The van der Waals surface area contributed by atoms with Crippen LogP contribution in [0.15, 0.2) is 42.5 Å². The number of rotatable bonds is 6. The van der Waals surface area contributed by atoms with Crippen molar-refractivity contribution in [3.63, 3.8) is 0 Å². The molecule has 0 unspecified atom stereocenters. The molecule has 0 aromatic heterocycles. The van der Waals surface area contributed by atoms with Gasteiger partial charge in [0.25, 0.3) is 0 Å². The molecule has 0 aliphatic carbocycles. The predicted octanol–water partition coefficient (Wildman–Crippen LogP) is 3.66. The van der Waals surface area contributed by atoms with Gasteiger partial charge in [0.1, 0.15) is 6.42 Å². The topological polar surface area (TPSA) is 84.5 Å². The van der Waals surface area contributed by atoms with Gasteiger partial charge in [-0.25, -0.2) is 4.79 Å². The van der Waals surface area contributed by atoms with Gasteiger partial charge in [-0.05, 0) is 42.3 Å². The highest BCUT2D eigenvalue weighted by molar-refractivity contribution is 6.34. The number of esters is 1. The molecule has 0 saturated heterocycles. The lowest BCUT2D eigenvalue weighted by Crippen LogP contribution is -2.21. The fourth-order valence-electron chi connectivity index (χ4n) is 2.24. The molecule has 0 aliphatic rings. The van der Waals surface area contributed by atoms with Crippen LogP contribution >= 0.6 is 11.6 Å². The maximum absolute atomic E-state index is 12.1. The lowest BCUT2D eigenvalue weighted by Gasteiger charge is -2.09. The van der Waals surface area contributed by atoms with E-state index in [0.29, 0.717) is 5.69 Å².